The Morgan fingerprint density at radius 2 is 1.71 bits per heavy atom. The Morgan fingerprint density at radius 1 is 1.00 bits per heavy atom. The number of halogens is 1. The predicted molar refractivity (Wildman–Crippen MR) is 78.5 cm³/mol. The van der Waals surface area contributed by atoms with Gasteiger partial charge in [-0.25, -0.2) is 0 Å². The van der Waals surface area contributed by atoms with Crippen LogP contribution in [0, 0.1) is 6.92 Å². The molecule has 0 nitrogen and oxygen atoms in total. The maximum Gasteiger partial charge on any atom is 0.0221 e. The molecule has 17 heavy (non-hydrogen) atoms. The van der Waals surface area contributed by atoms with Crippen molar-refractivity contribution in [1.82, 2.24) is 0 Å². The average molecular weight is 287 g/mol. The van der Waals surface area contributed by atoms with Crippen LogP contribution in [0.25, 0.3) is 5.57 Å². The first-order valence-corrected chi connectivity index (χ1v) is 6.82. The molecule has 0 bridgehead atoms. The largest absolute Gasteiger partial charge is 0.0883 e. The molecule has 0 aliphatic carbocycles. The third-order valence-electron chi connectivity index (χ3n) is 2.70. The summed E-state index contributed by atoms with van der Waals surface area (Å²) in [4.78, 5) is 0. The highest BCUT2D eigenvalue weighted by atomic mass is 79.9. The summed E-state index contributed by atoms with van der Waals surface area (Å²) in [5.41, 5.74) is 5.11. The Hall–Kier alpha value is -1.34. The van der Waals surface area contributed by atoms with E-state index in [1.807, 2.05) is 6.07 Å². The van der Waals surface area contributed by atoms with E-state index in [1.165, 1.54) is 22.3 Å². The van der Waals surface area contributed by atoms with Crippen LogP contribution < -0.4 is 0 Å². The number of hydrogen-bond donors (Lipinski definition) is 0. The van der Waals surface area contributed by atoms with Crippen LogP contribution in [0.2, 0.25) is 0 Å². The second-order valence-corrected chi connectivity index (χ2v) is 4.66. The Bertz CT molecular complexity index is 512. The van der Waals surface area contributed by atoms with Gasteiger partial charge in [-0.15, -0.1) is 0 Å². The first-order valence-electron chi connectivity index (χ1n) is 5.70. The van der Waals surface area contributed by atoms with Crippen LogP contribution in [0.15, 0.2) is 60.7 Å². The van der Waals surface area contributed by atoms with Gasteiger partial charge in [0.2, 0.25) is 0 Å². The van der Waals surface area contributed by atoms with Crippen LogP contribution in [0.4, 0.5) is 0 Å². The first kappa shape index (κ1) is 12.1. The molecule has 0 aromatic heterocycles. The third-order valence-corrected chi connectivity index (χ3v) is 3.02. The molecule has 2 aromatic rings. The number of alkyl halides is 1. The summed E-state index contributed by atoms with van der Waals surface area (Å²) in [5.74, 6) is 0. The topological polar surface area (TPSA) is 0 Å². The van der Waals surface area contributed by atoms with E-state index in [0.29, 0.717) is 0 Å². The number of aryl methyl sites for hydroxylation is 1. The van der Waals surface area contributed by atoms with E-state index < -0.39 is 0 Å². The predicted octanol–water partition coefficient (Wildman–Crippen LogP) is 4.82. The molecule has 1 heteroatoms. The molecule has 86 valence electrons. The van der Waals surface area contributed by atoms with Gasteiger partial charge in [0.05, 0.1) is 0 Å². The van der Waals surface area contributed by atoms with Crippen LogP contribution in [-0.2, 0) is 0 Å². The smallest absolute Gasteiger partial charge is 0.0221 e. The minimum Gasteiger partial charge on any atom is -0.0883 e. The van der Waals surface area contributed by atoms with Gasteiger partial charge < -0.3 is 0 Å². The molecule has 0 unspecified atom stereocenters. The van der Waals surface area contributed by atoms with Crippen LogP contribution in [0.3, 0.4) is 0 Å². The van der Waals surface area contributed by atoms with Crippen LogP contribution in [0.5, 0.6) is 0 Å². The fourth-order valence-electron chi connectivity index (χ4n) is 1.91. The number of rotatable bonds is 3. The van der Waals surface area contributed by atoms with Gasteiger partial charge in [-0.1, -0.05) is 82.2 Å². The van der Waals surface area contributed by atoms with E-state index in [-0.39, 0.29) is 0 Å². The van der Waals surface area contributed by atoms with Crippen LogP contribution >= 0.6 is 15.9 Å². The Morgan fingerprint density at radius 3 is 2.35 bits per heavy atom. The zero-order valence-electron chi connectivity index (χ0n) is 9.86. The second-order valence-electron chi connectivity index (χ2n) is 4.01. The molecule has 0 fully saturated rings. The van der Waals surface area contributed by atoms with E-state index in [4.69, 9.17) is 0 Å². The van der Waals surface area contributed by atoms with E-state index in [9.17, 15) is 0 Å². The van der Waals surface area contributed by atoms with Crippen molar-refractivity contribution in [3.05, 3.63) is 77.4 Å². The van der Waals surface area contributed by atoms with Crippen molar-refractivity contribution < 1.29 is 0 Å². The zero-order valence-corrected chi connectivity index (χ0v) is 11.4. The number of benzene rings is 2. The lowest BCUT2D eigenvalue weighted by Crippen LogP contribution is -1.89. The number of allylic oxidation sites excluding steroid dienone is 1. The first-order chi connectivity index (χ1) is 8.31. The van der Waals surface area contributed by atoms with Gasteiger partial charge in [0, 0.05) is 5.33 Å². The van der Waals surface area contributed by atoms with Gasteiger partial charge in [0.15, 0.2) is 0 Å². The summed E-state index contributed by atoms with van der Waals surface area (Å²) in [6, 6.07) is 19.1. The van der Waals surface area contributed by atoms with Crippen molar-refractivity contribution in [1.29, 1.82) is 0 Å². The molecule has 0 heterocycles. The summed E-state index contributed by atoms with van der Waals surface area (Å²) in [5, 5.41) is 0.866. The van der Waals surface area contributed by atoms with E-state index >= 15 is 0 Å². The normalized spacial score (nSPS) is 11.5. The van der Waals surface area contributed by atoms with Gasteiger partial charge in [-0.2, -0.15) is 0 Å². The monoisotopic (exact) mass is 286 g/mol. The van der Waals surface area contributed by atoms with Crippen LogP contribution in [0.1, 0.15) is 16.7 Å². The zero-order chi connectivity index (χ0) is 12.1. The molecule has 0 aliphatic rings. The minimum absolute atomic E-state index is 0.866. The summed E-state index contributed by atoms with van der Waals surface area (Å²) in [7, 11) is 0. The lowest BCUT2D eigenvalue weighted by atomic mass is 9.97. The molecule has 0 amide bonds. The van der Waals surface area contributed by atoms with Crippen molar-refractivity contribution in [3.8, 4) is 0 Å². The molecule has 0 radical (unpaired) electrons. The minimum atomic E-state index is 0.866. The third kappa shape index (κ3) is 3.07. The molecule has 0 atom stereocenters. The van der Waals surface area contributed by atoms with Crippen molar-refractivity contribution in [2.75, 3.05) is 5.33 Å². The van der Waals surface area contributed by atoms with E-state index in [2.05, 4.69) is 77.5 Å². The van der Waals surface area contributed by atoms with E-state index in [1.54, 1.807) is 0 Å². The fourth-order valence-corrected chi connectivity index (χ4v) is 2.23. The van der Waals surface area contributed by atoms with Crippen LogP contribution in [-0.4, -0.2) is 5.33 Å². The van der Waals surface area contributed by atoms with Gasteiger partial charge in [-0.3, -0.25) is 0 Å². The summed E-state index contributed by atoms with van der Waals surface area (Å²) in [6.07, 6.45) is 2.21. The molecule has 0 saturated heterocycles. The highest BCUT2D eigenvalue weighted by molar-refractivity contribution is 9.09. The maximum atomic E-state index is 3.49. The molecule has 0 spiro atoms. The molecule has 2 rings (SSSR count). The van der Waals surface area contributed by atoms with Crippen molar-refractivity contribution >= 4 is 21.5 Å². The molecular formula is C16H15Br. The highest BCUT2D eigenvalue weighted by Crippen LogP contribution is 2.24. The van der Waals surface area contributed by atoms with Gasteiger partial charge >= 0.3 is 0 Å². The molecular weight excluding hydrogens is 272 g/mol. The molecule has 0 aliphatic heterocycles. The SMILES string of the molecule is Cc1cccc(C(=CCBr)c2ccccc2)c1. The van der Waals surface area contributed by atoms with Crippen molar-refractivity contribution in [3.63, 3.8) is 0 Å². The standard InChI is InChI=1S/C16H15Br/c1-13-6-5-9-15(12-13)16(10-11-17)14-7-3-2-4-8-14/h2-10,12H,11H2,1H3. The molecule has 0 N–H and O–H groups in total. The lowest BCUT2D eigenvalue weighted by Gasteiger charge is -2.08. The second kappa shape index (κ2) is 5.83. The van der Waals surface area contributed by atoms with Crippen molar-refractivity contribution in [2.24, 2.45) is 0 Å². The quantitative estimate of drug-likeness (QED) is 0.710. The summed E-state index contributed by atoms with van der Waals surface area (Å²) >= 11 is 3.49. The molecule has 0 saturated carbocycles. The summed E-state index contributed by atoms with van der Waals surface area (Å²) in [6.45, 7) is 2.13. The maximum absolute atomic E-state index is 3.49. The average Bonchev–Trinajstić information content (AvgIpc) is 2.37. The van der Waals surface area contributed by atoms with Gasteiger partial charge in [0.25, 0.3) is 0 Å². The van der Waals surface area contributed by atoms with E-state index in [0.717, 1.165) is 5.33 Å². The van der Waals surface area contributed by atoms with Crippen molar-refractivity contribution in [2.45, 2.75) is 6.92 Å². The lowest BCUT2D eigenvalue weighted by molar-refractivity contribution is 1.43. The Kier molecular flexibility index (Phi) is 4.16. The number of hydrogen-bond acceptors (Lipinski definition) is 0. The summed E-state index contributed by atoms with van der Waals surface area (Å²) < 4.78 is 0. The van der Waals surface area contributed by atoms with Gasteiger partial charge in [0.1, 0.15) is 0 Å². The fraction of sp³-hybridized carbons (Fsp3) is 0.125. The van der Waals surface area contributed by atoms with Gasteiger partial charge in [-0.05, 0) is 23.6 Å². The molecule has 2 aromatic carbocycles. The Labute approximate surface area is 111 Å². The highest BCUT2D eigenvalue weighted by Gasteiger charge is 2.03. The Balaban J connectivity index is 2.47.